The molecule has 2 saturated heterocycles. The third-order valence-electron chi connectivity index (χ3n) is 6.71. The van der Waals surface area contributed by atoms with Gasteiger partial charge in [0, 0.05) is 62.7 Å². The number of amides is 2. The summed E-state index contributed by atoms with van der Waals surface area (Å²) in [6, 6.07) is 8.00. The Hall–Kier alpha value is -3.24. The molecule has 0 spiro atoms. The van der Waals surface area contributed by atoms with Crippen molar-refractivity contribution in [3.63, 3.8) is 0 Å². The standard InChI is InChI=1S/C26H31N5O4S/c1-34-21-6-5-19-14-20(25(28-22(19)15-21)30-10-12-35-13-11-30)17-31(26(33)23-16-27-18-36-23)9-3-8-29-7-2-4-24(29)32/h5-6,14-16,18H,2-4,7-13,17H2,1H3. The van der Waals surface area contributed by atoms with Crippen LogP contribution in [0.3, 0.4) is 0 Å². The third kappa shape index (κ3) is 5.44. The Bertz CT molecular complexity index is 1210. The highest BCUT2D eigenvalue weighted by Crippen LogP contribution is 2.29. The molecule has 1 aromatic carbocycles. The molecular formula is C26H31N5O4S. The lowest BCUT2D eigenvalue weighted by atomic mass is 10.1. The minimum absolute atomic E-state index is 0.0481. The fraction of sp³-hybridized carbons (Fsp3) is 0.462. The smallest absolute Gasteiger partial charge is 0.265 e. The van der Waals surface area contributed by atoms with Crippen molar-refractivity contribution in [3.8, 4) is 5.75 Å². The van der Waals surface area contributed by atoms with Gasteiger partial charge >= 0.3 is 0 Å². The van der Waals surface area contributed by atoms with Gasteiger partial charge in [-0.3, -0.25) is 14.6 Å². The first-order valence-electron chi connectivity index (χ1n) is 12.4. The predicted octanol–water partition coefficient (Wildman–Crippen LogP) is 3.19. The van der Waals surface area contributed by atoms with Crippen LogP contribution < -0.4 is 9.64 Å². The van der Waals surface area contributed by atoms with Crippen molar-refractivity contribution < 1.29 is 19.1 Å². The molecule has 4 heterocycles. The van der Waals surface area contributed by atoms with Crippen molar-refractivity contribution >= 4 is 39.9 Å². The second-order valence-corrected chi connectivity index (χ2v) is 9.95. The summed E-state index contributed by atoms with van der Waals surface area (Å²) in [7, 11) is 1.65. The van der Waals surface area contributed by atoms with E-state index >= 15 is 0 Å². The SMILES string of the molecule is COc1ccc2cc(CN(CCCN3CCCC3=O)C(=O)c3cncs3)c(N3CCOCC3)nc2c1. The first-order valence-corrected chi connectivity index (χ1v) is 13.3. The van der Waals surface area contributed by atoms with Crippen molar-refractivity contribution in [2.75, 3.05) is 57.9 Å². The zero-order valence-electron chi connectivity index (χ0n) is 20.5. The van der Waals surface area contributed by atoms with Gasteiger partial charge in [-0.05, 0) is 31.0 Å². The lowest BCUT2D eigenvalue weighted by Crippen LogP contribution is -2.39. The number of benzene rings is 1. The molecule has 3 aromatic rings. The maximum Gasteiger partial charge on any atom is 0.265 e. The number of pyridine rings is 1. The number of ether oxygens (including phenoxy) is 2. The van der Waals surface area contributed by atoms with E-state index in [0.29, 0.717) is 44.1 Å². The van der Waals surface area contributed by atoms with Crippen LogP contribution in [0.4, 0.5) is 5.82 Å². The monoisotopic (exact) mass is 509 g/mol. The predicted molar refractivity (Wildman–Crippen MR) is 139 cm³/mol. The second kappa shape index (κ2) is 11.2. The van der Waals surface area contributed by atoms with Crippen molar-refractivity contribution in [1.29, 1.82) is 0 Å². The van der Waals surface area contributed by atoms with Crippen LogP contribution in [0.25, 0.3) is 10.9 Å². The van der Waals surface area contributed by atoms with Crippen molar-refractivity contribution in [3.05, 3.63) is 46.4 Å². The van der Waals surface area contributed by atoms with Gasteiger partial charge in [0.1, 0.15) is 16.4 Å². The van der Waals surface area contributed by atoms with E-state index in [4.69, 9.17) is 14.5 Å². The molecule has 0 aliphatic carbocycles. The highest BCUT2D eigenvalue weighted by molar-refractivity contribution is 7.11. The van der Waals surface area contributed by atoms with Crippen LogP contribution in [0.2, 0.25) is 0 Å². The first kappa shape index (κ1) is 24.5. The van der Waals surface area contributed by atoms with Gasteiger partial charge in [0.25, 0.3) is 5.91 Å². The molecule has 190 valence electrons. The molecule has 0 unspecified atom stereocenters. The summed E-state index contributed by atoms with van der Waals surface area (Å²) < 4.78 is 11.0. The topological polar surface area (TPSA) is 88.1 Å². The lowest BCUT2D eigenvalue weighted by Gasteiger charge is -2.31. The Morgan fingerprint density at radius 2 is 2.08 bits per heavy atom. The molecule has 0 saturated carbocycles. The van der Waals surface area contributed by atoms with Crippen molar-refractivity contribution in [1.82, 2.24) is 19.8 Å². The number of carbonyl (C=O) groups excluding carboxylic acids is 2. The molecule has 9 nitrogen and oxygen atoms in total. The Labute approximate surface area is 214 Å². The minimum atomic E-state index is -0.0481. The fourth-order valence-corrected chi connectivity index (χ4v) is 5.39. The third-order valence-corrected chi connectivity index (χ3v) is 7.47. The van der Waals surface area contributed by atoms with Crippen molar-refractivity contribution in [2.45, 2.75) is 25.8 Å². The van der Waals surface area contributed by atoms with Gasteiger partial charge in [0.05, 0.1) is 37.5 Å². The number of aromatic nitrogens is 2. The molecule has 2 aliphatic rings. The zero-order valence-corrected chi connectivity index (χ0v) is 21.3. The number of hydrogen-bond donors (Lipinski definition) is 0. The maximum absolute atomic E-state index is 13.5. The van der Waals surface area contributed by atoms with E-state index in [9.17, 15) is 9.59 Å². The summed E-state index contributed by atoms with van der Waals surface area (Å²) in [4.78, 5) is 41.3. The highest BCUT2D eigenvalue weighted by Gasteiger charge is 2.24. The quantitative estimate of drug-likeness (QED) is 0.438. The Balaban J connectivity index is 1.44. The number of methoxy groups -OCH3 is 1. The summed E-state index contributed by atoms with van der Waals surface area (Å²) >= 11 is 1.34. The normalized spacial score (nSPS) is 16.1. The van der Waals surface area contributed by atoms with E-state index in [2.05, 4.69) is 16.0 Å². The van der Waals surface area contributed by atoms with Gasteiger partial charge in [0.15, 0.2) is 0 Å². The highest BCUT2D eigenvalue weighted by atomic mass is 32.1. The second-order valence-electron chi connectivity index (χ2n) is 9.06. The van der Waals surface area contributed by atoms with E-state index < -0.39 is 0 Å². The number of morpholine rings is 1. The van der Waals surface area contributed by atoms with Gasteiger partial charge in [0.2, 0.25) is 5.91 Å². The van der Waals surface area contributed by atoms with E-state index in [0.717, 1.165) is 60.5 Å². The summed E-state index contributed by atoms with van der Waals surface area (Å²) in [6.07, 6.45) is 3.89. The number of thiazole rings is 1. The molecule has 2 amide bonds. The average molecular weight is 510 g/mol. The number of hydrogen-bond acceptors (Lipinski definition) is 8. The van der Waals surface area contributed by atoms with E-state index in [-0.39, 0.29) is 11.8 Å². The first-order chi connectivity index (χ1) is 17.6. The number of nitrogens with zero attached hydrogens (tertiary/aromatic N) is 5. The molecule has 0 N–H and O–H groups in total. The molecule has 36 heavy (non-hydrogen) atoms. The molecular weight excluding hydrogens is 478 g/mol. The summed E-state index contributed by atoms with van der Waals surface area (Å²) in [5, 5.41) is 0.996. The Kier molecular flexibility index (Phi) is 7.62. The van der Waals surface area contributed by atoms with Crippen LogP contribution >= 0.6 is 11.3 Å². The van der Waals surface area contributed by atoms with E-state index in [1.165, 1.54) is 11.3 Å². The van der Waals surface area contributed by atoms with Gasteiger partial charge in [-0.25, -0.2) is 4.98 Å². The molecule has 10 heteroatoms. The molecule has 2 aliphatic heterocycles. The Morgan fingerprint density at radius 1 is 1.22 bits per heavy atom. The van der Waals surface area contributed by atoms with Crippen molar-refractivity contribution in [2.24, 2.45) is 0 Å². The molecule has 2 aromatic heterocycles. The molecule has 0 radical (unpaired) electrons. The Morgan fingerprint density at radius 3 is 2.81 bits per heavy atom. The van der Waals surface area contributed by atoms with Gasteiger partial charge in [-0.1, -0.05) is 0 Å². The van der Waals surface area contributed by atoms with Crippen LogP contribution in [0, 0.1) is 0 Å². The molecule has 2 fully saturated rings. The number of rotatable bonds is 9. The van der Waals surface area contributed by atoms with Crippen LogP contribution in [-0.4, -0.2) is 84.6 Å². The number of carbonyl (C=O) groups is 2. The van der Waals surface area contributed by atoms with Gasteiger partial charge in [-0.2, -0.15) is 0 Å². The van der Waals surface area contributed by atoms with Gasteiger partial charge < -0.3 is 24.2 Å². The molecule has 0 bridgehead atoms. The van der Waals surface area contributed by atoms with E-state index in [1.54, 1.807) is 18.8 Å². The van der Waals surface area contributed by atoms with Crippen LogP contribution in [-0.2, 0) is 16.1 Å². The summed E-state index contributed by atoms with van der Waals surface area (Å²) in [5.74, 6) is 1.79. The van der Waals surface area contributed by atoms with Crippen LogP contribution in [0.15, 0.2) is 36.0 Å². The number of fused-ring (bicyclic) bond motifs is 1. The summed E-state index contributed by atoms with van der Waals surface area (Å²) in [5.41, 5.74) is 3.52. The average Bonchev–Trinajstić information content (AvgIpc) is 3.60. The maximum atomic E-state index is 13.5. The zero-order chi connectivity index (χ0) is 24.9. The van der Waals surface area contributed by atoms with Crippen LogP contribution in [0.5, 0.6) is 5.75 Å². The van der Waals surface area contributed by atoms with Gasteiger partial charge in [-0.15, -0.1) is 11.3 Å². The minimum Gasteiger partial charge on any atom is -0.497 e. The fourth-order valence-electron chi connectivity index (χ4n) is 4.80. The molecule has 0 atom stereocenters. The number of likely N-dealkylation sites (tertiary alicyclic amines) is 1. The number of anilines is 1. The molecule has 5 rings (SSSR count). The van der Waals surface area contributed by atoms with Crippen LogP contribution in [0.1, 0.15) is 34.5 Å². The largest absolute Gasteiger partial charge is 0.497 e. The lowest BCUT2D eigenvalue weighted by molar-refractivity contribution is -0.127. The summed E-state index contributed by atoms with van der Waals surface area (Å²) in [6.45, 7) is 5.22. The van der Waals surface area contributed by atoms with E-state index in [1.807, 2.05) is 28.0 Å².